The van der Waals surface area contributed by atoms with Gasteiger partial charge >= 0.3 is 0 Å². The van der Waals surface area contributed by atoms with E-state index in [2.05, 4.69) is 5.32 Å². The van der Waals surface area contributed by atoms with Crippen LogP contribution in [0.3, 0.4) is 0 Å². The van der Waals surface area contributed by atoms with Gasteiger partial charge in [0.05, 0.1) is 4.92 Å². The fourth-order valence-electron chi connectivity index (χ4n) is 2.27. The van der Waals surface area contributed by atoms with Crippen LogP contribution < -0.4 is 5.32 Å². The molecule has 2 aromatic carbocycles. The summed E-state index contributed by atoms with van der Waals surface area (Å²) in [6.45, 7) is 3.81. The van der Waals surface area contributed by atoms with Gasteiger partial charge < -0.3 is 5.32 Å². The SMILES string of the molecule is Cc1c(NC(C)Cc2ccc(Cl)cc2)cccc1[N+](=O)[O-]. The van der Waals surface area contributed by atoms with E-state index in [1.54, 1.807) is 13.0 Å². The van der Waals surface area contributed by atoms with Gasteiger partial charge in [-0.05, 0) is 44.0 Å². The standard InChI is InChI=1S/C16H17ClN2O2/c1-11(10-13-6-8-14(17)9-7-13)18-15-4-3-5-16(12(15)2)19(20)21/h3-9,11,18H,10H2,1-2H3. The van der Waals surface area contributed by atoms with E-state index in [-0.39, 0.29) is 16.7 Å². The molecule has 21 heavy (non-hydrogen) atoms. The summed E-state index contributed by atoms with van der Waals surface area (Å²) in [7, 11) is 0. The number of nitro groups is 1. The molecule has 0 spiro atoms. The molecule has 0 aliphatic rings. The summed E-state index contributed by atoms with van der Waals surface area (Å²) in [5.74, 6) is 0. The van der Waals surface area contributed by atoms with Crippen LogP contribution in [0.2, 0.25) is 5.02 Å². The van der Waals surface area contributed by atoms with Gasteiger partial charge in [0.2, 0.25) is 0 Å². The lowest BCUT2D eigenvalue weighted by molar-refractivity contribution is -0.385. The van der Waals surface area contributed by atoms with E-state index >= 15 is 0 Å². The molecule has 0 aliphatic carbocycles. The zero-order chi connectivity index (χ0) is 15.4. The molecule has 0 saturated carbocycles. The summed E-state index contributed by atoms with van der Waals surface area (Å²) in [6.07, 6.45) is 0.819. The van der Waals surface area contributed by atoms with E-state index in [9.17, 15) is 10.1 Å². The molecule has 2 rings (SSSR count). The molecule has 0 bridgehead atoms. The van der Waals surface area contributed by atoms with Crippen LogP contribution in [0, 0.1) is 17.0 Å². The average molecular weight is 305 g/mol. The lowest BCUT2D eigenvalue weighted by atomic mass is 10.1. The van der Waals surface area contributed by atoms with Crippen molar-refractivity contribution in [1.82, 2.24) is 0 Å². The minimum Gasteiger partial charge on any atom is -0.382 e. The summed E-state index contributed by atoms with van der Waals surface area (Å²) >= 11 is 5.87. The van der Waals surface area contributed by atoms with Crippen molar-refractivity contribution in [2.75, 3.05) is 5.32 Å². The summed E-state index contributed by atoms with van der Waals surface area (Å²) in [5, 5.41) is 15.0. The topological polar surface area (TPSA) is 55.2 Å². The van der Waals surface area contributed by atoms with Gasteiger partial charge in [-0.1, -0.05) is 29.8 Å². The molecule has 0 fully saturated rings. The van der Waals surface area contributed by atoms with Gasteiger partial charge in [0.25, 0.3) is 5.69 Å². The molecule has 2 aromatic rings. The van der Waals surface area contributed by atoms with Crippen LogP contribution in [-0.4, -0.2) is 11.0 Å². The maximum atomic E-state index is 10.9. The Kier molecular flexibility index (Phi) is 4.81. The zero-order valence-electron chi connectivity index (χ0n) is 12.0. The Morgan fingerprint density at radius 1 is 1.24 bits per heavy atom. The second-order valence-corrected chi connectivity index (χ2v) is 5.52. The normalized spacial score (nSPS) is 12.0. The fourth-order valence-corrected chi connectivity index (χ4v) is 2.39. The first-order valence-electron chi connectivity index (χ1n) is 6.72. The van der Waals surface area contributed by atoms with Crippen LogP contribution >= 0.6 is 11.6 Å². The monoisotopic (exact) mass is 304 g/mol. The maximum absolute atomic E-state index is 10.9. The zero-order valence-corrected chi connectivity index (χ0v) is 12.7. The second kappa shape index (κ2) is 6.59. The first-order valence-corrected chi connectivity index (χ1v) is 7.10. The van der Waals surface area contributed by atoms with Gasteiger partial charge in [-0.25, -0.2) is 0 Å². The van der Waals surface area contributed by atoms with E-state index in [1.165, 1.54) is 11.6 Å². The van der Waals surface area contributed by atoms with Crippen molar-refractivity contribution < 1.29 is 4.92 Å². The van der Waals surface area contributed by atoms with Crippen molar-refractivity contribution in [3.05, 3.63) is 68.7 Å². The largest absolute Gasteiger partial charge is 0.382 e. The highest BCUT2D eigenvalue weighted by Crippen LogP contribution is 2.26. The lowest BCUT2D eigenvalue weighted by Gasteiger charge is -2.17. The number of nitrogens with one attached hydrogen (secondary N) is 1. The van der Waals surface area contributed by atoms with Gasteiger partial charge in [0.1, 0.15) is 0 Å². The van der Waals surface area contributed by atoms with Gasteiger partial charge in [-0.3, -0.25) is 10.1 Å². The summed E-state index contributed by atoms with van der Waals surface area (Å²) in [4.78, 5) is 10.6. The van der Waals surface area contributed by atoms with E-state index in [4.69, 9.17) is 11.6 Å². The summed E-state index contributed by atoms with van der Waals surface area (Å²) < 4.78 is 0. The highest BCUT2D eigenvalue weighted by molar-refractivity contribution is 6.30. The minimum absolute atomic E-state index is 0.138. The molecule has 0 amide bonds. The van der Waals surface area contributed by atoms with Crippen molar-refractivity contribution in [2.45, 2.75) is 26.3 Å². The molecule has 1 unspecified atom stereocenters. The van der Waals surface area contributed by atoms with Gasteiger partial charge in [-0.15, -0.1) is 0 Å². The minimum atomic E-state index is -0.357. The van der Waals surface area contributed by atoms with Crippen LogP contribution in [0.4, 0.5) is 11.4 Å². The highest BCUT2D eigenvalue weighted by atomic mass is 35.5. The third kappa shape index (κ3) is 3.95. The van der Waals surface area contributed by atoms with E-state index in [1.807, 2.05) is 37.3 Å². The second-order valence-electron chi connectivity index (χ2n) is 5.08. The summed E-state index contributed by atoms with van der Waals surface area (Å²) in [6, 6.07) is 12.9. The quantitative estimate of drug-likeness (QED) is 0.649. The van der Waals surface area contributed by atoms with E-state index in [0.717, 1.165) is 12.1 Å². The van der Waals surface area contributed by atoms with Gasteiger partial charge in [-0.2, -0.15) is 0 Å². The molecule has 0 radical (unpaired) electrons. The Morgan fingerprint density at radius 2 is 1.90 bits per heavy atom. The Bertz CT molecular complexity index is 641. The van der Waals surface area contributed by atoms with Gasteiger partial charge in [0, 0.05) is 28.4 Å². The molecule has 5 heteroatoms. The third-order valence-corrected chi connectivity index (χ3v) is 3.61. The Balaban J connectivity index is 2.09. The predicted octanol–water partition coefficient (Wildman–Crippen LogP) is 4.60. The number of rotatable bonds is 5. The molecule has 1 N–H and O–H groups in total. The van der Waals surface area contributed by atoms with Crippen molar-refractivity contribution in [1.29, 1.82) is 0 Å². The molecule has 0 saturated heterocycles. The highest BCUT2D eigenvalue weighted by Gasteiger charge is 2.14. The lowest BCUT2D eigenvalue weighted by Crippen LogP contribution is -2.18. The Morgan fingerprint density at radius 3 is 2.52 bits per heavy atom. The number of hydrogen-bond donors (Lipinski definition) is 1. The predicted molar refractivity (Wildman–Crippen MR) is 86.1 cm³/mol. The van der Waals surface area contributed by atoms with Crippen LogP contribution in [0.1, 0.15) is 18.1 Å². The van der Waals surface area contributed by atoms with Crippen LogP contribution in [0.5, 0.6) is 0 Å². The van der Waals surface area contributed by atoms with Crippen molar-refractivity contribution in [3.8, 4) is 0 Å². The van der Waals surface area contributed by atoms with E-state index < -0.39 is 0 Å². The molecule has 0 aromatic heterocycles. The number of nitrogens with zero attached hydrogens (tertiary/aromatic N) is 1. The number of hydrogen-bond acceptors (Lipinski definition) is 3. The van der Waals surface area contributed by atoms with Crippen LogP contribution in [0.15, 0.2) is 42.5 Å². The van der Waals surface area contributed by atoms with Crippen molar-refractivity contribution in [3.63, 3.8) is 0 Å². The fraction of sp³-hybridized carbons (Fsp3) is 0.250. The molecule has 4 nitrogen and oxygen atoms in total. The Hall–Kier alpha value is -2.07. The molecule has 0 heterocycles. The third-order valence-electron chi connectivity index (χ3n) is 3.36. The van der Waals surface area contributed by atoms with Crippen LogP contribution in [-0.2, 0) is 6.42 Å². The molecule has 0 aliphatic heterocycles. The smallest absolute Gasteiger partial charge is 0.274 e. The van der Waals surface area contributed by atoms with Crippen molar-refractivity contribution in [2.24, 2.45) is 0 Å². The number of halogens is 1. The number of nitro benzene ring substituents is 1. The molecular weight excluding hydrogens is 288 g/mol. The first kappa shape index (κ1) is 15.3. The maximum Gasteiger partial charge on any atom is 0.274 e. The first-order chi connectivity index (χ1) is 9.97. The summed E-state index contributed by atoms with van der Waals surface area (Å²) in [5.41, 5.74) is 2.76. The number of benzene rings is 2. The van der Waals surface area contributed by atoms with E-state index in [0.29, 0.717) is 10.6 Å². The van der Waals surface area contributed by atoms with Crippen molar-refractivity contribution >= 4 is 23.0 Å². The number of anilines is 1. The molecular formula is C16H17ClN2O2. The average Bonchev–Trinajstić information content (AvgIpc) is 2.43. The Labute approximate surface area is 128 Å². The van der Waals surface area contributed by atoms with Gasteiger partial charge in [0.15, 0.2) is 0 Å². The van der Waals surface area contributed by atoms with Crippen LogP contribution in [0.25, 0.3) is 0 Å². The molecule has 1 atom stereocenters. The molecule has 110 valence electrons.